The predicted octanol–water partition coefficient (Wildman–Crippen LogP) is 1.36. The minimum absolute atomic E-state index is 0.148. The fraction of sp³-hybridized carbons (Fsp3) is 0.231. The van der Waals surface area contributed by atoms with Crippen LogP contribution in [0.4, 0.5) is 0 Å². The molecule has 0 spiro atoms. The summed E-state index contributed by atoms with van der Waals surface area (Å²) in [6.07, 6.45) is 1.88. The van der Waals surface area contributed by atoms with Gasteiger partial charge in [-0.15, -0.1) is 0 Å². The molecule has 2 aromatic rings. The largest absolute Gasteiger partial charge is 0.508 e. The summed E-state index contributed by atoms with van der Waals surface area (Å²) in [4.78, 5) is 11.8. The molecular weight excluding hydrogens is 230 g/mol. The van der Waals surface area contributed by atoms with Gasteiger partial charge in [-0.2, -0.15) is 5.10 Å². The molecule has 5 heteroatoms. The van der Waals surface area contributed by atoms with E-state index in [1.807, 2.05) is 20.2 Å². The molecule has 0 fully saturated rings. The highest BCUT2D eigenvalue weighted by Crippen LogP contribution is 2.10. The van der Waals surface area contributed by atoms with Crippen molar-refractivity contribution in [1.82, 2.24) is 15.1 Å². The maximum Gasteiger partial charge on any atom is 0.251 e. The van der Waals surface area contributed by atoms with Crippen molar-refractivity contribution in [3.63, 3.8) is 0 Å². The fourth-order valence-electron chi connectivity index (χ4n) is 1.71. The summed E-state index contributed by atoms with van der Waals surface area (Å²) in [6.45, 7) is 2.35. The van der Waals surface area contributed by atoms with Gasteiger partial charge >= 0.3 is 0 Å². The minimum Gasteiger partial charge on any atom is -0.508 e. The van der Waals surface area contributed by atoms with Gasteiger partial charge in [0, 0.05) is 30.9 Å². The summed E-state index contributed by atoms with van der Waals surface area (Å²) < 4.78 is 1.72. The van der Waals surface area contributed by atoms with Crippen LogP contribution in [0.5, 0.6) is 5.75 Å². The van der Waals surface area contributed by atoms with Gasteiger partial charge in [-0.1, -0.05) is 0 Å². The highest BCUT2D eigenvalue weighted by Gasteiger charge is 2.07. The lowest BCUT2D eigenvalue weighted by molar-refractivity contribution is 0.0951. The first-order valence-electron chi connectivity index (χ1n) is 5.62. The van der Waals surface area contributed by atoms with Gasteiger partial charge in [-0.25, -0.2) is 0 Å². The molecule has 0 atom stereocenters. The number of amides is 1. The predicted molar refractivity (Wildman–Crippen MR) is 67.2 cm³/mol. The lowest BCUT2D eigenvalue weighted by atomic mass is 10.2. The SMILES string of the molecule is Cc1nn(C)cc1CNC(=O)c1ccc(O)cc1. The number of hydrogen-bond acceptors (Lipinski definition) is 3. The summed E-state index contributed by atoms with van der Waals surface area (Å²) >= 11 is 0. The van der Waals surface area contributed by atoms with Gasteiger partial charge < -0.3 is 10.4 Å². The van der Waals surface area contributed by atoms with E-state index in [9.17, 15) is 4.79 Å². The normalized spacial score (nSPS) is 10.3. The molecule has 0 unspecified atom stereocenters. The van der Waals surface area contributed by atoms with E-state index < -0.39 is 0 Å². The molecule has 2 N–H and O–H groups in total. The average Bonchev–Trinajstić information content (AvgIpc) is 2.66. The zero-order chi connectivity index (χ0) is 13.1. The highest BCUT2D eigenvalue weighted by atomic mass is 16.3. The van der Waals surface area contributed by atoms with Crippen molar-refractivity contribution in [2.24, 2.45) is 7.05 Å². The number of phenolic OH excluding ortho intramolecular Hbond substituents is 1. The Kier molecular flexibility index (Phi) is 3.32. The standard InChI is InChI=1S/C13H15N3O2/c1-9-11(8-16(2)15-9)7-14-13(18)10-3-5-12(17)6-4-10/h3-6,8,17H,7H2,1-2H3,(H,14,18). The Balaban J connectivity index is 2.00. The molecule has 5 nitrogen and oxygen atoms in total. The average molecular weight is 245 g/mol. The van der Waals surface area contributed by atoms with Crippen molar-refractivity contribution in [1.29, 1.82) is 0 Å². The van der Waals surface area contributed by atoms with E-state index >= 15 is 0 Å². The molecular formula is C13H15N3O2. The molecule has 1 heterocycles. The molecule has 18 heavy (non-hydrogen) atoms. The Morgan fingerprint density at radius 3 is 2.61 bits per heavy atom. The van der Waals surface area contributed by atoms with Crippen LogP contribution in [0.2, 0.25) is 0 Å². The number of benzene rings is 1. The van der Waals surface area contributed by atoms with Crippen molar-refractivity contribution in [3.8, 4) is 5.75 Å². The maximum atomic E-state index is 11.8. The Morgan fingerprint density at radius 1 is 1.39 bits per heavy atom. The van der Waals surface area contributed by atoms with Gasteiger partial charge in [-0.3, -0.25) is 9.48 Å². The van der Waals surface area contributed by atoms with E-state index in [4.69, 9.17) is 5.11 Å². The van der Waals surface area contributed by atoms with Gasteiger partial charge in [-0.05, 0) is 31.2 Å². The maximum absolute atomic E-state index is 11.8. The van der Waals surface area contributed by atoms with Crippen LogP contribution >= 0.6 is 0 Å². The number of rotatable bonds is 3. The number of aromatic hydroxyl groups is 1. The number of phenols is 1. The topological polar surface area (TPSA) is 67.2 Å². The molecule has 1 aromatic carbocycles. The first-order valence-corrected chi connectivity index (χ1v) is 5.62. The van der Waals surface area contributed by atoms with Crippen LogP contribution in [0.1, 0.15) is 21.6 Å². The second-order valence-corrected chi connectivity index (χ2v) is 4.14. The zero-order valence-corrected chi connectivity index (χ0v) is 10.3. The van der Waals surface area contributed by atoms with E-state index in [1.165, 1.54) is 12.1 Å². The number of aromatic nitrogens is 2. The van der Waals surface area contributed by atoms with Crippen molar-refractivity contribution in [3.05, 3.63) is 47.3 Å². The molecule has 1 aromatic heterocycles. The van der Waals surface area contributed by atoms with Gasteiger partial charge in [0.1, 0.15) is 5.75 Å². The number of carbonyl (C=O) groups excluding carboxylic acids is 1. The van der Waals surface area contributed by atoms with Gasteiger partial charge in [0.25, 0.3) is 5.91 Å². The quantitative estimate of drug-likeness (QED) is 0.858. The van der Waals surface area contributed by atoms with Crippen LogP contribution in [0.25, 0.3) is 0 Å². The van der Waals surface area contributed by atoms with Crippen molar-refractivity contribution in [2.75, 3.05) is 0 Å². The molecule has 0 saturated carbocycles. The second-order valence-electron chi connectivity index (χ2n) is 4.14. The van der Waals surface area contributed by atoms with Crippen LogP contribution in [0, 0.1) is 6.92 Å². The number of hydrogen-bond donors (Lipinski definition) is 2. The molecule has 94 valence electrons. The number of nitrogens with zero attached hydrogens (tertiary/aromatic N) is 2. The van der Waals surface area contributed by atoms with Crippen LogP contribution < -0.4 is 5.32 Å². The van der Waals surface area contributed by atoms with Crippen LogP contribution in [0.3, 0.4) is 0 Å². The Labute approximate surface area is 105 Å². The summed E-state index contributed by atoms with van der Waals surface area (Å²) in [6, 6.07) is 6.15. The molecule has 0 aliphatic heterocycles. The minimum atomic E-state index is -0.168. The monoisotopic (exact) mass is 245 g/mol. The molecule has 0 aliphatic rings. The Bertz CT molecular complexity index is 558. The summed E-state index contributed by atoms with van der Waals surface area (Å²) in [5.41, 5.74) is 2.42. The summed E-state index contributed by atoms with van der Waals surface area (Å²) in [7, 11) is 1.85. The third-order valence-electron chi connectivity index (χ3n) is 2.68. The summed E-state index contributed by atoms with van der Waals surface area (Å²) in [5, 5.41) is 16.2. The molecule has 0 radical (unpaired) electrons. The van der Waals surface area contributed by atoms with Crippen molar-refractivity contribution >= 4 is 5.91 Å². The van der Waals surface area contributed by atoms with E-state index in [0.29, 0.717) is 12.1 Å². The van der Waals surface area contributed by atoms with E-state index in [2.05, 4.69) is 10.4 Å². The molecule has 2 rings (SSSR count). The highest BCUT2D eigenvalue weighted by molar-refractivity contribution is 5.94. The molecule has 0 saturated heterocycles. The van der Waals surface area contributed by atoms with Gasteiger partial charge in [0.15, 0.2) is 0 Å². The lowest BCUT2D eigenvalue weighted by Crippen LogP contribution is -2.22. The van der Waals surface area contributed by atoms with Crippen LogP contribution in [-0.4, -0.2) is 20.8 Å². The molecule has 1 amide bonds. The van der Waals surface area contributed by atoms with Crippen molar-refractivity contribution < 1.29 is 9.90 Å². The van der Waals surface area contributed by atoms with Crippen molar-refractivity contribution in [2.45, 2.75) is 13.5 Å². The first-order chi connectivity index (χ1) is 8.56. The third kappa shape index (κ3) is 2.68. The number of nitrogens with one attached hydrogen (secondary N) is 1. The van der Waals surface area contributed by atoms with E-state index in [-0.39, 0.29) is 11.7 Å². The van der Waals surface area contributed by atoms with Gasteiger partial charge in [0.2, 0.25) is 0 Å². The second kappa shape index (κ2) is 4.91. The number of aryl methyl sites for hydroxylation is 2. The Morgan fingerprint density at radius 2 is 2.06 bits per heavy atom. The zero-order valence-electron chi connectivity index (χ0n) is 10.3. The lowest BCUT2D eigenvalue weighted by Gasteiger charge is -2.04. The third-order valence-corrected chi connectivity index (χ3v) is 2.68. The summed E-state index contributed by atoms with van der Waals surface area (Å²) in [5.74, 6) is -0.0205. The fourth-order valence-corrected chi connectivity index (χ4v) is 1.71. The van der Waals surface area contributed by atoms with E-state index in [0.717, 1.165) is 11.3 Å². The van der Waals surface area contributed by atoms with Gasteiger partial charge in [0.05, 0.1) is 5.69 Å². The molecule has 0 bridgehead atoms. The Hall–Kier alpha value is -2.30. The van der Waals surface area contributed by atoms with Crippen LogP contribution in [0.15, 0.2) is 30.5 Å². The smallest absolute Gasteiger partial charge is 0.251 e. The van der Waals surface area contributed by atoms with Crippen LogP contribution in [-0.2, 0) is 13.6 Å². The number of carbonyl (C=O) groups is 1. The first kappa shape index (κ1) is 12.2. The molecule has 0 aliphatic carbocycles. The van der Waals surface area contributed by atoms with E-state index in [1.54, 1.807) is 16.8 Å².